The Morgan fingerprint density at radius 2 is 1.88 bits per heavy atom. The molecule has 0 spiro atoms. The number of anilines is 1. The van der Waals surface area contributed by atoms with E-state index in [1.54, 1.807) is 0 Å². The number of fused-ring (bicyclic) bond motifs is 1. The third-order valence-corrected chi connectivity index (χ3v) is 6.50. The van der Waals surface area contributed by atoms with Gasteiger partial charge in [0.15, 0.2) is 6.54 Å². The lowest BCUT2D eigenvalue weighted by Crippen LogP contribution is -3.15. The Hall–Kier alpha value is -1.36. The first kappa shape index (κ1) is 16.1. The highest BCUT2D eigenvalue weighted by Gasteiger charge is 2.34. The first-order chi connectivity index (χ1) is 11.8. The third-order valence-electron chi connectivity index (χ3n) is 6.50. The van der Waals surface area contributed by atoms with Crippen LogP contribution < -0.4 is 10.2 Å². The number of rotatable bonds is 4. The van der Waals surface area contributed by atoms with Gasteiger partial charge in [0.25, 0.3) is 5.91 Å². The molecule has 132 valence electrons. The van der Waals surface area contributed by atoms with Gasteiger partial charge in [-0.3, -0.25) is 4.79 Å². The standard InChI is InChI=1S/C19H30N4O/c24-19(14-22-12-10-15-5-1-2-6-16(15)13-22)21-18-9-11-20-23(18)17-7-3-4-8-17/h9,11,15-17H,1-8,10,12-14H2,(H,21,24)/p+1/t15-,16+/m0/s1. The Labute approximate surface area is 144 Å². The smallest absolute Gasteiger partial charge is 0.280 e. The van der Waals surface area contributed by atoms with Crippen LogP contribution in [-0.4, -0.2) is 35.3 Å². The largest absolute Gasteiger partial charge is 0.327 e. The fraction of sp³-hybridized carbons (Fsp3) is 0.789. The molecule has 1 unspecified atom stereocenters. The fourth-order valence-corrected chi connectivity index (χ4v) is 5.22. The molecule has 5 heteroatoms. The van der Waals surface area contributed by atoms with Gasteiger partial charge in [-0.1, -0.05) is 25.7 Å². The highest BCUT2D eigenvalue weighted by molar-refractivity contribution is 5.90. The summed E-state index contributed by atoms with van der Waals surface area (Å²) >= 11 is 0. The van der Waals surface area contributed by atoms with E-state index in [0.29, 0.717) is 12.6 Å². The first-order valence-electron chi connectivity index (χ1n) is 9.96. The molecule has 3 aliphatic rings. The van der Waals surface area contributed by atoms with Gasteiger partial charge in [-0.25, -0.2) is 4.68 Å². The summed E-state index contributed by atoms with van der Waals surface area (Å²) < 4.78 is 2.04. The molecule has 0 radical (unpaired) electrons. The zero-order valence-electron chi connectivity index (χ0n) is 14.7. The van der Waals surface area contributed by atoms with Crippen molar-refractivity contribution in [2.45, 2.75) is 63.8 Å². The molecule has 2 N–H and O–H groups in total. The van der Waals surface area contributed by atoms with E-state index < -0.39 is 0 Å². The second-order valence-corrected chi connectivity index (χ2v) is 8.12. The Morgan fingerprint density at radius 1 is 1.12 bits per heavy atom. The van der Waals surface area contributed by atoms with Crippen molar-refractivity contribution in [3.63, 3.8) is 0 Å². The van der Waals surface area contributed by atoms with Gasteiger partial charge in [-0.05, 0) is 38.0 Å². The van der Waals surface area contributed by atoms with Gasteiger partial charge >= 0.3 is 0 Å². The average Bonchev–Trinajstić information content (AvgIpc) is 3.25. The number of hydrogen-bond acceptors (Lipinski definition) is 2. The van der Waals surface area contributed by atoms with E-state index in [9.17, 15) is 4.79 Å². The molecule has 0 bridgehead atoms. The van der Waals surface area contributed by atoms with Crippen molar-refractivity contribution in [2.24, 2.45) is 11.8 Å². The minimum Gasteiger partial charge on any atom is -0.327 e. The van der Waals surface area contributed by atoms with E-state index in [2.05, 4.69) is 10.4 Å². The van der Waals surface area contributed by atoms with Crippen LogP contribution in [0.4, 0.5) is 5.82 Å². The number of nitrogens with zero attached hydrogens (tertiary/aromatic N) is 2. The number of hydrogen-bond donors (Lipinski definition) is 2. The molecule has 1 amide bonds. The molecule has 3 fully saturated rings. The summed E-state index contributed by atoms with van der Waals surface area (Å²) in [4.78, 5) is 14.0. The number of quaternary nitrogens is 1. The van der Waals surface area contributed by atoms with Gasteiger partial charge in [0.05, 0.1) is 25.3 Å². The molecule has 2 aliphatic carbocycles. The zero-order valence-corrected chi connectivity index (χ0v) is 14.7. The number of nitrogens with one attached hydrogen (secondary N) is 2. The monoisotopic (exact) mass is 331 g/mol. The Kier molecular flexibility index (Phi) is 4.88. The van der Waals surface area contributed by atoms with E-state index >= 15 is 0 Å². The number of piperidine rings is 1. The summed E-state index contributed by atoms with van der Waals surface area (Å²) in [5.74, 6) is 2.84. The van der Waals surface area contributed by atoms with Gasteiger partial charge in [0.1, 0.15) is 5.82 Å². The van der Waals surface area contributed by atoms with E-state index in [0.717, 1.165) is 24.2 Å². The van der Waals surface area contributed by atoms with Gasteiger partial charge in [0.2, 0.25) is 0 Å². The summed E-state index contributed by atoms with van der Waals surface area (Å²) in [6, 6.07) is 2.42. The summed E-state index contributed by atoms with van der Waals surface area (Å²) in [6.07, 6.45) is 13.7. The average molecular weight is 331 g/mol. The Bertz CT molecular complexity index is 563. The second-order valence-electron chi connectivity index (χ2n) is 8.12. The molecule has 4 rings (SSSR count). The summed E-state index contributed by atoms with van der Waals surface area (Å²) in [5, 5.41) is 7.57. The third kappa shape index (κ3) is 3.51. The summed E-state index contributed by atoms with van der Waals surface area (Å²) in [5.41, 5.74) is 0. The van der Waals surface area contributed by atoms with Crippen LogP contribution in [0.25, 0.3) is 0 Å². The van der Waals surface area contributed by atoms with E-state index in [1.807, 2.05) is 16.9 Å². The SMILES string of the molecule is O=C(C[NH+]1CC[C@@H]2CCCC[C@@H]2C1)Nc1ccnn1C1CCCC1. The van der Waals surface area contributed by atoms with Crippen LogP contribution in [0.15, 0.2) is 12.3 Å². The molecule has 3 atom stereocenters. The summed E-state index contributed by atoms with van der Waals surface area (Å²) in [7, 11) is 0. The van der Waals surface area contributed by atoms with Gasteiger partial charge in [-0.2, -0.15) is 5.10 Å². The summed E-state index contributed by atoms with van der Waals surface area (Å²) in [6.45, 7) is 2.97. The number of carbonyl (C=O) groups excluding carboxylic acids is 1. The lowest BCUT2D eigenvalue weighted by Gasteiger charge is -2.38. The predicted molar refractivity (Wildman–Crippen MR) is 94.0 cm³/mol. The van der Waals surface area contributed by atoms with Crippen LogP contribution in [0.5, 0.6) is 0 Å². The molecule has 2 saturated carbocycles. The van der Waals surface area contributed by atoms with Gasteiger partial charge in [0, 0.05) is 12.0 Å². The van der Waals surface area contributed by atoms with Crippen molar-refractivity contribution >= 4 is 11.7 Å². The molecule has 24 heavy (non-hydrogen) atoms. The quantitative estimate of drug-likeness (QED) is 0.887. The lowest BCUT2D eigenvalue weighted by molar-refractivity contribution is -0.902. The number of likely N-dealkylation sites (tertiary alicyclic amines) is 1. The van der Waals surface area contributed by atoms with E-state index in [1.165, 1.54) is 69.2 Å². The predicted octanol–water partition coefficient (Wildman–Crippen LogP) is 2.03. The van der Waals surface area contributed by atoms with Crippen molar-refractivity contribution in [1.82, 2.24) is 9.78 Å². The molecule has 0 aromatic carbocycles. The number of amides is 1. The molecular weight excluding hydrogens is 300 g/mol. The van der Waals surface area contributed by atoms with Crippen molar-refractivity contribution in [3.8, 4) is 0 Å². The molecule has 5 nitrogen and oxygen atoms in total. The molecule has 1 aromatic heterocycles. The molecule has 1 aliphatic heterocycles. The van der Waals surface area contributed by atoms with Crippen LogP contribution in [0.1, 0.15) is 63.8 Å². The second kappa shape index (κ2) is 7.26. The van der Waals surface area contributed by atoms with Crippen molar-refractivity contribution in [1.29, 1.82) is 0 Å². The van der Waals surface area contributed by atoms with Crippen molar-refractivity contribution in [3.05, 3.63) is 12.3 Å². The Morgan fingerprint density at radius 3 is 2.71 bits per heavy atom. The maximum Gasteiger partial charge on any atom is 0.280 e. The minimum absolute atomic E-state index is 0.152. The highest BCUT2D eigenvalue weighted by Crippen LogP contribution is 2.33. The molecule has 1 saturated heterocycles. The first-order valence-corrected chi connectivity index (χ1v) is 9.96. The van der Waals surface area contributed by atoms with Crippen LogP contribution in [0.2, 0.25) is 0 Å². The van der Waals surface area contributed by atoms with Crippen LogP contribution in [-0.2, 0) is 4.79 Å². The molecule has 1 aromatic rings. The topological polar surface area (TPSA) is 51.4 Å². The number of aromatic nitrogens is 2. The number of carbonyl (C=O) groups is 1. The van der Waals surface area contributed by atoms with Gasteiger partial charge in [-0.15, -0.1) is 0 Å². The van der Waals surface area contributed by atoms with Crippen molar-refractivity contribution in [2.75, 3.05) is 25.0 Å². The maximum atomic E-state index is 12.5. The Balaban J connectivity index is 1.31. The van der Waals surface area contributed by atoms with Crippen LogP contribution in [0, 0.1) is 11.8 Å². The van der Waals surface area contributed by atoms with E-state index in [-0.39, 0.29) is 5.91 Å². The van der Waals surface area contributed by atoms with Crippen LogP contribution in [0.3, 0.4) is 0 Å². The van der Waals surface area contributed by atoms with Gasteiger partial charge < -0.3 is 10.2 Å². The molecule has 2 heterocycles. The minimum atomic E-state index is 0.152. The normalized spacial score (nSPS) is 30.9. The fourth-order valence-electron chi connectivity index (χ4n) is 5.22. The maximum absolute atomic E-state index is 12.5. The van der Waals surface area contributed by atoms with Crippen molar-refractivity contribution < 1.29 is 9.69 Å². The highest BCUT2D eigenvalue weighted by atomic mass is 16.2. The molecular formula is C19H31N4O+. The lowest BCUT2D eigenvalue weighted by atomic mass is 9.75. The zero-order chi connectivity index (χ0) is 16.4. The van der Waals surface area contributed by atoms with E-state index in [4.69, 9.17) is 0 Å². The van der Waals surface area contributed by atoms with Crippen LogP contribution >= 0.6 is 0 Å².